The lowest BCUT2D eigenvalue weighted by molar-refractivity contribution is -0.117. The van der Waals surface area contributed by atoms with Crippen molar-refractivity contribution in [2.24, 2.45) is 13.0 Å². The van der Waals surface area contributed by atoms with Gasteiger partial charge in [0.2, 0.25) is 15.9 Å². The van der Waals surface area contributed by atoms with Crippen LogP contribution in [0.25, 0.3) is 11.0 Å². The molecule has 33 heavy (non-hydrogen) atoms. The van der Waals surface area contributed by atoms with Gasteiger partial charge in [-0.1, -0.05) is 6.92 Å². The van der Waals surface area contributed by atoms with E-state index in [1.807, 2.05) is 42.6 Å². The summed E-state index contributed by atoms with van der Waals surface area (Å²) in [7, 11) is 2.04. The lowest BCUT2D eigenvalue weighted by Gasteiger charge is -2.23. The lowest BCUT2D eigenvalue weighted by atomic mass is 10.1. The van der Waals surface area contributed by atoms with Crippen molar-refractivity contribution in [2.75, 3.05) is 30.6 Å². The smallest absolute Gasteiger partial charge is 0.228 e. The maximum Gasteiger partial charge on any atom is 0.228 e. The van der Waals surface area contributed by atoms with Crippen molar-refractivity contribution in [1.82, 2.24) is 23.8 Å². The number of anilines is 3. The van der Waals surface area contributed by atoms with Crippen molar-refractivity contribution < 1.29 is 13.2 Å². The molecule has 0 aromatic carbocycles. The van der Waals surface area contributed by atoms with Gasteiger partial charge in [-0.05, 0) is 30.9 Å². The number of imidazole rings is 1. The molecule has 0 aliphatic heterocycles. The van der Waals surface area contributed by atoms with E-state index in [0.29, 0.717) is 22.8 Å². The number of carbonyl (C=O) groups excluding carboxylic acids is 1. The van der Waals surface area contributed by atoms with Gasteiger partial charge in [-0.3, -0.25) is 9.78 Å². The molecule has 176 valence electrons. The fourth-order valence-electron chi connectivity index (χ4n) is 3.62. The van der Waals surface area contributed by atoms with E-state index >= 15 is 0 Å². The molecule has 0 bridgehead atoms. The zero-order chi connectivity index (χ0) is 23.9. The molecule has 1 amide bonds. The highest BCUT2D eigenvalue weighted by atomic mass is 32.2. The van der Waals surface area contributed by atoms with Crippen LogP contribution < -0.4 is 10.2 Å². The molecule has 3 aromatic rings. The van der Waals surface area contributed by atoms with Crippen LogP contribution in [0.5, 0.6) is 0 Å². The molecule has 1 aliphatic rings. The second-order valence-electron chi connectivity index (χ2n) is 8.55. The number of nitrogens with one attached hydrogen (secondary N) is 1. The van der Waals surface area contributed by atoms with Crippen LogP contribution in [-0.2, 0) is 34.8 Å². The lowest BCUT2D eigenvalue weighted by Crippen LogP contribution is -2.25. The minimum absolute atomic E-state index is 0.0236. The number of sulfonamides is 1. The Balaban J connectivity index is 1.69. The van der Waals surface area contributed by atoms with Crippen molar-refractivity contribution in [1.29, 1.82) is 0 Å². The minimum Gasteiger partial charge on any atom is -0.334 e. The topological polar surface area (TPSA) is 113 Å². The summed E-state index contributed by atoms with van der Waals surface area (Å²) in [5, 5.41) is 2.95. The SMILES string of the molecule is CCc1cc(CN(C)S(C)(=O)=O)ncc1N(C)c1cc2c(ncn2C)c(NC(=O)C2CC2)n1. The second-order valence-corrected chi connectivity index (χ2v) is 10.6. The third-order valence-corrected chi connectivity index (χ3v) is 7.21. The zero-order valence-electron chi connectivity index (χ0n) is 19.5. The number of hydrogen-bond acceptors (Lipinski definition) is 7. The predicted molar refractivity (Wildman–Crippen MR) is 128 cm³/mol. The monoisotopic (exact) mass is 471 g/mol. The van der Waals surface area contributed by atoms with Crippen LogP contribution in [0.1, 0.15) is 31.0 Å². The Morgan fingerprint density at radius 3 is 2.61 bits per heavy atom. The molecule has 1 N–H and O–H groups in total. The minimum atomic E-state index is -3.30. The van der Waals surface area contributed by atoms with Crippen LogP contribution in [-0.4, -0.2) is 58.5 Å². The molecular weight excluding hydrogens is 442 g/mol. The van der Waals surface area contributed by atoms with Gasteiger partial charge in [0.15, 0.2) is 5.82 Å². The molecule has 11 heteroatoms. The van der Waals surface area contributed by atoms with Gasteiger partial charge in [-0.25, -0.2) is 18.4 Å². The first-order valence-corrected chi connectivity index (χ1v) is 12.7. The van der Waals surface area contributed by atoms with Crippen molar-refractivity contribution in [3.8, 4) is 0 Å². The van der Waals surface area contributed by atoms with Gasteiger partial charge in [-0.15, -0.1) is 0 Å². The van der Waals surface area contributed by atoms with Gasteiger partial charge < -0.3 is 14.8 Å². The number of rotatable bonds is 8. The quantitative estimate of drug-likeness (QED) is 0.537. The van der Waals surface area contributed by atoms with Crippen LogP contribution >= 0.6 is 0 Å². The summed E-state index contributed by atoms with van der Waals surface area (Å²) in [6, 6.07) is 3.85. The highest BCUT2D eigenvalue weighted by molar-refractivity contribution is 7.88. The Bertz CT molecular complexity index is 1320. The normalized spacial score (nSPS) is 14.1. The Hall–Kier alpha value is -3.05. The zero-order valence-corrected chi connectivity index (χ0v) is 20.3. The Morgan fingerprint density at radius 1 is 1.24 bits per heavy atom. The van der Waals surface area contributed by atoms with Gasteiger partial charge in [0.05, 0.1) is 42.2 Å². The predicted octanol–water partition coefficient (Wildman–Crippen LogP) is 2.43. The average Bonchev–Trinajstić information content (AvgIpc) is 3.56. The molecule has 3 aromatic heterocycles. The van der Waals surface area contributed by atoms with Crippen molar-refractivity contribution in [3.05, 3.63) is 35.9 Å². The van der Waals surface area contributed by atoms with E-state index in [2.05, 4.69) is 15.3 Å². The van der Waals surface area contributed by atoms with E-state index < -0.39 is 10.0 Å². The summed E-state index contributed by atoms with van der Waals surface area (Å²) in [6.07, 6.45) is 7.16. The molecule has 3 heterocycles. The van der Waals surface area contributed by atoms with E-state index in [0.717, 1.165) is 36.0 Å². The number of hydrogen-bond donors (Lipinski definition) is 1. The molecule has 10 nitrogen and oxygen atoms in total. The van der Waals surface area contributed by atoms with Gasteiger partial charge in [-0.2, -0.15) is 4.31 Å². The van der Waals surface area contributed by atoms with E-state index in [4.69, 9.17) is 4.98 Å². The molecule has 0 spiro atoms. The van der Waals surface area contributed by atoms with Gasteiger partial charge in [0, 0.05) is 33.1 Å². The summed E-state index contributed by atoms with van der Waals surface area (Å²) in [6.45, 7) is 2.24. The third kappa shape index (κ3) is 4.83. The molecule has 0 atom stereocenters. The summed E-state index contributed by atoms with van der Waals surface area (Å²) < 4.78 is 26.7. The van der Waals surface area contributed by atoms with Crippen molar-refractivity contribution in [2.45, 2.75) is 32.7 Å². The fraction of sp³-hybridized carbons (Fsp3) is 0.455. The molecular formula is C22H29N7O3S. The number of fused-ring (bicyclic) bond motifs is 1. The van der Waals surface area contributed by atoms with Gasteiger partial charge in [0.1, 0.15) is 11.3 Å². The molecule has 4 rings (SSSR count). The van der Waals surface area contributed by atoms with E-state index in [1.54, 1.807) is 12.5 Å². The summed E-state index contributed by atoms with van der Waals surface area (Å²) >= 11 is 0. The first-order chi connectivity index (χ1) is 15.6. The van der Waals surface area contributed by atoms with Crippen LogP contribution in [0.4, 0.5) is 17.3 Å². The summed E-state index contributed by atoms with van der Waals surface area (Å²) in [5.41, 5.74) is 4.05. The summed E-state index contributed by atoms with van der Waals surface area (Å²) in [4.78, 5) is 28.0. The van der Waals surface area contributed by atoms with Crippen LogP contribution in [0, 0.1) is 5.92 Å². The molecule has 0 radical (unpaired) electrons. The fourth-order valence-corrected chi connectivity index (χ4v) is 3.98. The maximum atomic E-state index is 12.4. The van der Waals surface area contributed by atoms with Crippen molar-refractivity contribution in [3.63, 3.8) is 0 Å². The number of carbonyl (C=O) groups is 1. The first kappa shape index (κ1) is 23.1. The largest absolute Gasteiger partial charge is 0.334 e. The standard InChI is InChI=1S/C22H29N7O3S/c1-6-14-9-16(12-28(3)33(5,31)32)23-11-18(14)29(4)19-10-17-20(24-13-27(17)2)21(25-19)26-22(30)15-7-8-15/h9-11,13,15H,6-8,12H2,1-5H3,(H,25,26,30). The van der Waals surface area contributed by atoms with E-state index in [9.17, 15) is 13.2 Å². The molecule has 1 aliphatic carbocycles. The molecule has 0 saturated heterocycles. The number of aromatic nitrogens is 4. The number of pyridine rings is 2. The molecule has 0 unspecified atom stereocenters. The third-order valence-electron chi connectivity index (χ3n) is 5.95. The highest BCUT2D eigenvalue weighted by Gasteiger charge is 2.30. The van der Waals surface area contributed by atoms with E-state index in [1.165, 1.54) is 17.6 Å². The van der Waals surface area contributed by atoms with Gasteiger partial charge >= 0.3 is 0 Å². The summed E-state index contributed by atoms with van der Waals surface area (Å²) in [5.74, 6) is 1.13. The first-order valence-electron chi connectivity index (χ1n) is 10.8. The Labute approximate surface area is 193 Å². The number of nitrogens with zero attached hydrogens (tertiary/aromatic N) is 6. The second kappa shape index (κ2) is 8.71. The van der Waals surface area contributed by atoms with Crippen molar-refractivity contribution >= 4 is 44.3 Å². The van der Waals surface area contributed by atoms with Gasteiger partial charge in [0.25, 0.3) is 0 Å². The molecule has 1 saturated carbocycles. The van der Waals surface area contributed by atoms with Crippen LogP contribution in [0.3, 0.4) is 0 Å². The molecule has 1 fully saturated rings. The highest BCUT2D eigenvalue weighted by Crippen LogP contribution is 2.33. The number of amides is 1. The maximum absolute atomic E-state index is 12.4. The average molecular weight is 472 g/mol. The Kier molecular flexibility index (Phi) is 6.10. The van der Waals surface area contributed by atoms with Crippen LogP contribution in [0.2, 0.25) is 0 Å². The van der Waals surface area contributed by atoms with E-state index in [-0.39, 0.29) is 18.4 Å². The van der Waals surface area contributed by atoms with Crippen LogP contribution in [0.15, 0.2) is 24.7 Å². The Morgan fingerprint density at radius 2 is 1.97 bits per heavy atom. The number of aryl methyl sites for hydroxylation is 2.